The molecule has 0 aliphatic carbocycles. The van der Waals surface area contributed by atoms with Crippen LogP contribution in [-0.4, -0.2) is 37.2 Å². The predicted molar refractivity (Wildman–Crippen MR) is 243 cm³/mol. The molecule has 0 amide bonds. The first-order valence-corrected chi connectivity index (χ1v) is 25.3. The van der Waals surface area contributed by atoms with Crippen molar-refractivity contribution in [3.8, 4) is 0 Å². The third kappa shape index (κ3) is 43.8. The van der Waals surface area contributed by atoms with E-state index in [0.717, 1.165) is 69.6 Å². The highest BCUT2D eigenvalue weighted by Gasteiger charge is 2.19. The van der Waals surface area contributed by atoms with Crippen molar-refractivity contribution in [2.75, 3.05) is 13.2 Å². The van der Waals surface area contributed by atoms with Crippen molar-refractivity contribution < 1.29 is 28.6 Å². The van der Waals surface area contributed by atoms with Gasteiger partial charge >= 0.3 is 17.9 Å². The molecular formula is C51H98O6. The van der Waals surface area contributed by atoms with E-state index in [1.54, 1.807) is 0 Å². The van der Waals surface area contributed by atoms with Crippen molar-refractivity contribution in [3.63, 3.8) is 0 Å². The molecule has 338 valence electrons. The Balaban J connectivity index is 4.17. The molecule has 0 aliphatic rings. The molecule has 0 saturated carbocycles. The van der Waals surface area contributed by atoms with Crippen LogP contribution in [0, 0.1) is 11.8 Å². The predicted octanol–water partition coefficient (Wildman–Crippen LogP) is 16.1. The van der Waals surface area contributed by atoms with Crippen LogP contribution in [0.25, 0.3) is 0 Å². The van der Waals surface area contributed by atoms with Gasteiger partial charge in [0.15, 0.2) is 6.10 Å². The van der Waals surface area contributed by atoms with Crippen molar-refractivity contribution in [3.05, 3.63) is 0 Å². The molecule has 0 heterocycles. The van der Waals surface area contributed by atoms with Crippen LogP contribution in [0.3, 0.4) is 0 Å². The molecule has 6 heteroatoms. The fourth-order valence-corrected chi connectivity index (χ4v) is 7.60. The summed E-state index contributed by atoms with van der Waals surface area (Å²) in [6, 6.07) is 0. The lowest BCUT2D eigenvalue weighted by Gasteiger charge is -2.18. The first-order valence-electron chi connectivity index (χ1n) is 25.3. The van der Waals surface area contributed by atoms with Gasteiger partial charge in [0.2, 0.25) is 0 Å². The number of hydrogen-bond donors (Lipinski definition) is 0. The SMILES string of the molecule is CCCCCCCCCC(=O)O[C@@H](COC(=O)CCCCCCCCCCCCCCCCCC(C)C)COC(=O)CCCCCCCCCCCCC(C)CC. The summed E-state index contributed by atoms with van der Waals surface area (Å²) in [4.78, 5) is 37.7. The molecule has 0 aromatic carbocycles. The number of carbonyl (C=O) groups excluding carboxylic acids is 3. The Hall–Kier alpha value is -1.59. The van der Waals surface area contributed by atoms with Gasteiger partial charge in [-0.25, -0.2) is 0 Å². The molecule has 2 atom stereocenters. The van der Waals surface area contributed by atoms with E-state index in [2.05, 4.69) is 34.6 Å². The van der Waals surface area contributed by atoms with E-state index < -0.39 is 6.10 Å². The zero-order valence-electron chi connectivity index (χ0n) is 39.0. The topological polar surface area (TPSA) is 78.9 Å². The highest BCUT2D eigenvalue weighted by atomic mass is 16.6. The molecule has 0 radical (unpaired) electrons. The lowest BCUT2D eigenvalue weighted by molar-refractivity contribution is -0.167. The molecule has 0 rings (SSSR count). The second-order valence-corrected chi connectivity index (χ2v) is 18.2. The fraction of sp³-hybridized carbons (Fsp3) is 0.941. The second kappa shape index (κ2) is 44.0. The summed E-state index contributed by atoms with van der Waals surface area (Å²) in [5.74, 6) is 0.862. The lowest BCUT2D eigenvalue weighted by atomic mass is 9.99. The summed E-state index contributed by atoms with van der Waals surface area (Å²) >= 11 is 0. The summed E-state index contributed by atoms with van der Waals surface area (Å²) in [7, 11) is 0. The molecule has 0 N–H and O–H groups in total. The Bertz CT molecular complexity index is 872. The van der Waals surface area contributed by atoms with Gasteiger partial charge < -0.3 is 14.2 Å². The van der Waals surface area contributed by atoms with Crippen molar-refractivity contribution >= 4 is 17.9 Å². The Morgan fingerprint density at radius 3 is 1.00 bits per heavy atom. The molecule has 6 nitrogen and oxygen atoms in total. The molecule has 0 aliphatic heterocycles. The van der Waals surface area contributed by atoms with Gasteiger partial charge in [0, 0.05) is 19.3 Å². The van der Waals surface area contributed by atoms with Gasteiger partial charge in [0.25, 0.3) is 0 Å². The Morgan fingerprint density at radius 1 is 0.368 bits per heavy atom. The Morgan fingerprint density at radius 2 is 0.667 bits per heavy atom. The number of hydrogen-bond acceptors (Lipinski definition) is 6. The third-order valence-corrected chi connectivity index (χ3v) is 11.8. The normalized spacial score (nSPS) is 12.5. The number of unbranched alkanes of at least 4 members (excludes halogenated alkanes) is 29. The van der Waals surface area contributed by atoms with Crippen LogP contribution in [0.4, 0.5) is 0 Å². The molecular weight excluding hydrogens is 709 g/mol. The monoisotopic (exact) mass is 807 g/mol. The Labute approximate surface area is 355 Å². The number of esters is 3. The molecule has 0 aromatic heterocycles. The maximum atomic E-state index is 12.6. The van der Waals surface area contributed by atoms with Gasteiger partial charge in [0.05, 0.1) is 0 Å². The van der Waals surface area contributed by atoms with Crippen molar-refractivity contribution in [2.45, 2.75) is 285 Å². The van der Waals surface area contributed by atoms with E-state index in [4.69, 9.17) is 14.2 Å². The fourth-order valence-electron chi connectivity index (χ4n) is 7.60. The zero-order chi connectivity index (χ0) is 41.9. The molecule has 1 unspecified atom stereocenters. The largest absolute Gasteiger partial charge is 0.462 e. The lowest BCUT2D eigenvalue weighted by Crippen LogP contribution is -2.30. The minimum absolute atomic E-state index is 0.0645. The van der Waals surface area contributed by atoms with E-state index in [0.29, 0.717) is 19.3 Å². The van der Waals surface area contributed by atoms with Crippen LogP contribution in [0.5, 0.6) is 0 Å². The van der Waals surface area contributed by atoms with Crippen molar-refractivity contribution in [1.29, 1.82) is 0 Å². The summed E-state index contributed by atoms with van der Waals surface area (Å²) in [6.07, 6.45) is 43.8. The van der Waals surface area contributed by atoms with Crippen LogP contribution in [0.15, 0.2) is 0 Å². The van der Waals surface area contributed by atoms with Gasteiger partial charge in [-0.2, -0.15) is 0 Å². The van der Waals surface area contributed by atoms with Gasteiger partial charge in [-0.05, 0) is 31.1 Å². The molecule has 0 bridgehead atoms. The molecule has 0 aromatic rings. The van der Waals surface area contributed by atoms with Gasteiger partial charge in [-0.15, -0.1) is 0 Å². The van der Waals surface area contributed by atoms with Crippen LogP contribution in [0.2, 0.25) is 0 Å². The summed E-state index contributed by atoms with van der Waals surface area (Å²) in [5, 5.41) is 0. The highest BCUT2D eigenvalue weighted by molar-refractivity contribution is 5.71. The minimum Gasteiger partial charge on any atom is -0.462 e. The standard InChI is InChI=1S/C51H98O6/c1-6-8-9-10-24-33-38-43-51(54)57-48(45-56-50(53)42-37-32-28-23-19-18-21-26-30-35-40-47(5)7-2)44-55-49(52)41-36-31-27-22-17-15-13-11-12-14-16-20-25-29-34-39-46(3)4/h46-48H,6-45H2,1-5H3/t47?,48-/m0/s1. The highest BCUT2D eigenvalue weighted by Crippen LogP contribution is 2.18. The molecule has 57 heavy (non-hydrogen) atoms. The second-order valence-electron chi connectivity index (χ2n) is 18.2. The number of carbonyl (C=O) groups is 3. The maximum absolute atomic E-state index is 12.6. The van der Waals surface area contributed by atoms with E-state index in [1.807, 2.05) is 0 Å². The van der Waals surface area contributed by atoms with E-state index in [9.17, 15) is 14.4 Å². The van der Waals surface area contributed by atoms with Gasteiger partial charge in [0.1, 0.15) is 13.2 Å². The molecule has 0 spiro atoms. The summed E-state index contributed by atoms with van der Waals surface area (Å²) in [6.45, 7) is 11.4. The molecule has 0 fully saturated rings. The minimum atomic E-state index is -0.760. The third-order valence-electron chi connectivity index (χ3n) is 11.8. The molecule has 0 saturated heterocycles. The smallest absolute Gasteiger partial charge is 0.306 e. The van der Waals surface area contributed by atoms with Crippen LogP contribution >= 0.6 is 0 Å². The Kier molecular flexibility index (Phi) is 42.7. The van der Waals surface area contributed by atoms with Gasteiger partial charge in [-0.1, -0.05) is 240 Å². The quantitative estimate of drug-likeness (QED) is 0.0346. The summed E-state index contributed by atoms with van der Waals surface area (Å²) in [5.41, 5.74) is 0. The average molecular weight is 807 g/mol. The number of ether oxygens (including phenoxy) is 3. The average Bonchev–Trinajstić information content (AvgIpc) is 3.19. The van der Waals surface area contributed by atoms with Crippen LogP contribution in [0.1, 0.15) is 279 Å². The van der Waals surface area contributed by atoms with Crippen molar-refractivity contribution in [1.82, 2.24) is 0 Å². The van der Waals surface area contributed by atoms with E-state index >= 15 is 0 Å². The first-order chi connectivity index (χ1) is 27.8. The van der Waals surface area contributed by atoms with E-state index in [1.165, 1.54) is 167 Å². The number of rotatable bonds is 45. The zero-order valence-corrected chi connectivity index (χ0v) is 39.0. The van der Waals surface area contributed by atoms with Crippen LogP contribution in [-0.2, 0) is 28.6 Å². The van der Waals surface area contributed by atoms with Crippen LogP contribution < -0.4 is 0 Å². The van der Waals surface area contributed by atoms with Gasteiger partial charge in [-0.3, -0.25) is 14.4 Å². The van der Waals surface area contributed by atoms with E-state index in [-0.39, 0.29) is 31.1 Å². The first kappa shape index (κ1) is 55.4. The summed E-state index contributed by atoms with van der Waals surface area (Å²) < 4.78 is 16.7. The van der Waals surface area contributed by atoms with Crippen molar-refractivity contribution in [2.24, 2.45) is 11.8 Å². The maximum Gasteiger partial charge on any atom is 0.306 e.